The molecule has 0 aliphatic heterocycles. The van der Waals surface area contributed by atoms with E-state index in [1.807, 2.05) is 68.8 Å². The van der Waals surface area contributed by atoms with Gasteiger partial charge in [-0.05, 0) is 87.6 Å². The maximum Gasteiger partial charge on any atom is 0.163 e. The number of hydrogen-bond donors (Lipinski definition) is 0. The maximum absolute atomic E-state index is 12.8. The lowest BCUT2D eigenvalue weighted by Gasteiger charge is -2.18. The van der Waals surface area contributed by atoms with Gasteiger partial charge in [-0.25, -0.2) is 0 Å². The van der Waals surface area contributed by atoms with Gasteiger partial charge in [-0.2, -0.15) is 0 Å². The zero-order chi connectivity index (χ0) is 24.9. The number of benzene rings is 2. The number of methoxy groups -OCH3 is 1. The molecule has 35 heavy (non-hydrogen) atoms. The first-order valence-electron chi connectivity index (χ1n) is 11.6. The zero-order valence-corrected chi connectivity index (χ0v) is 21.3. The molecule has 0 N–H and O–H groups in total. The molecule has 0 saturated carbocycles. The van der Waals surface area contributed by atoms with E-state index >= 15 is 0 Å². The molecular formula is C29H30ClN3O2. The average Bonchev–Trinajstić information content (AvgIpc) is 3.28. The summed E-state index contributed by atoms with van der Waals surface area (Å²) in [5.41, 5.74) is 6.64. The van der Waals surface area contributed by atoms with Crippen LogP contribution >= 0.6 is 11.6 Å². The van der Waals surface area contributed by atoms with Crippen LogP contribution in [0.4, 0.5) is 0 Å². The molecule has 0 bridgehead atoms. The quantitative estimate of drug-likeness (QED) is 0.246. The number of ketones is 1. The van der Waals surface area contributed by atoms with Crippen LogP contribution in [0.25, 0.3) is 28.2 Å². The van der Waals surface area contributed by atoms with Gasteiger partial charge in [0.25, 0.3) is 0 Å². The van der Waals surface area contributed by atoms with Crippen molar-refractivity contribution >= 4 is 17.4 Å². The summed E-state index contributed by atoms with van der Waals surface area (Å²) < 4.78 is 7.96. The van der Waals surface area contributed by atoms with Crippen LogP contribution in [0.1, 0.15) is 28.8 Å². The van der Waals surface area contributed by atoms with Crippen LogP contribution in [0, 0.1) is 6.92 Å². The number of aromatic nitrogens is 2. The van der Waals surface area contributed by atoms with E-state index < -0.39 is 0 Å². The number of pyridine rings is 1. The van der Waals surface area contributed by atoms with E-state index in [0.717, 1.165) is 46.7 Å². The molecule has 4 rings (SSSR count). The molecule has 0 spiro atoms. The van der Waals surface area contributed by atoms with Crippen LogP contribution in [-0.4, -0.2) is 48.0 Å². The third kappa shape index (κ3) is 5.47. The smallest absolute Gasteiger partial charge is 0.163 e. The SMILES string of the molecule is COc1cc(C(=O)CCCN(C)C)ccc1-c1ccc(-c2ccc(Cl)cc2)n1-c1cnccc1C. The summed E-state index contributed by atoms with van der Waals surface area (Å²) in [5, 5.41) is 0.692. The Morgan fingerprint density at radius 2 is 1.77 bits per heavy atom. The normalized spacial score (nSPS) is 11.1. The van der Waals surface area contributed by atoms with Crippen molar-refractivity contribution in [3.8, 4) is 34.0 Å². The van der Waals surface area contributed by atoms with Crippen LogP contribution < -0.4 is 4.74 Å². The number of carbonyl (C=O) groups is 1. The lowest BCUT2D eigenvalue weighted by atomic mass is 10.0. The van der Waals surface area contributed by atoms with Gasteiger partial charge in [0.05, 0.1) is 30.4 Å². The van der Waals surface area contributed by atoms with Crippen LogP contribution in [0.3, 0.4) is 0 Å². The first-order valence-corrected chi connectivity index (χ1v) is 12.0. The van der Waals surface area contributed by atoms with E-state index in [1.165, 1.54) is 0 Å². The third-order valence-electron chi connectivity index (χ3n) is 6.08. The molecule has 2 aromatic carbocycles. The second-order valence-electron chi connectivity index (χ2n) is 8.85. The summed E-state index contributed by atoms with van der Waals surface area (Å²) in [5.74, 6) is 0.782. The summed E-state index contributed by atoms with van der Waals surface area (Å²) in [7, 11) is 5.67. The Morgan fingerprint density at radius 3 is 2.46 bits per heavy atom. The molecule has 4 aromatic rings. The van der Waals surface area contributed by atoms with E-state index in [0.29, 0.717) is 22.8 Å². The van der Waals surface area contributed by atoms with Gasteiger partial charge in [-0.15, -0.1) is 0 Å². The first kappa shape index (κ1) is 24.7. The van der Waals surface area contributed by atoms with Crippen molar-refractivity contribution in [2.24, 2.45) is 0 Å². The van der Waals surface area contributed by atoms with Gasteiger partial charge in [-0.1, -0.05) is 29.8 Å². The molecule has 0 unspecified atom stereocenters. The molecule has 2 aromatic heterocycles. The number of Topliss-reactive ketones (excluding diaryl/α,β-unsaturated/α-hetero) is 1. The summed E-state index contributed by atoms with van der Waals surface area (Å²) in [6, 6.07) is 19.7. The fourth-order valence-electron chi connectivity index (χ4n) is 4.22. The average molecular weight is 488 g/mol. The highest BCUT2D eigenvalue weighted by Gasteiger charge is 2.19. The monoisotopic (exact) mass is 487 g/mol. The Hall–Kier alpha value is -3.41. The summed E-state index contributed by atoms with van der Waals surface area (Å²) in [6.45, 7) is 2.95. The minimum Gasteiger partial charge on any atom is -0.496 e. The summed E-state index contributed by atoms with van der Waals surface area (Å²) in [6.07, 6.45) is 4.99. The van der Waals surface area contributed by atoms with Gasteiger partial charge >= 0.3 is 0 Å². The van der Waals surface area contributed by atoms with E-state index in [9.17, 15) is 4.79 Å². The Balaban J connectivity index is 1.80. The van der Waals surface area contributed by atoms with Crippen molar-refractivity contribution in [2.45, 2.75) is 19.8 Å². The Kier molecular flexibility index (Phi) is 7.69. The second kappa shape index (κ2) is 10.9. The molecule has 0 amide bonds. The van der Waals surface area contributed by atoms with Crippen LogP contribution in [0.2, 0.25) is 5.02 Å². The molecule has 0 aliphatic carbocycles. The van der Waals surface area contributed by atoms with Crippen LogP contribution in [-0.2, 0) is 0 Å². The van der Waals surface area contributed by atoms with E-state index in [-0.39, 0.29) is 5.78 Å². The molecule has 6 heteroatoms. The van der Waals surface area contributed by atoms with Crippen molar-refractivity contribution in [3.63, 3.8) is 0 Å². The second-order valence-corrected chi connectivity index (χ2v) is 9.29. The summed E-state index contributed by atoms with van der Waals surface area (Å²) >= 11 is 6.15. The lowest BCUT2D eigenvalue weighted by molar-refractivity contribution is 0.0977. The van der Waals surface area contributed by atoms with Gasteiger partial charge in [0.15, 0.2) is 5.78 Å². The Morgan fingerprint density at radius 1 is 1.03 bits per heavy atom. The molecule has 0 atom stereocenters. The standard InChI is InChI=1S/C29H30ClN3O2/c1-20-15-16-31-19-27(20)33-25(21-7-10-23(30)11-8-21)13-14-26(33)24-12-9-22(18-29(24)35-4)28(34)6-5-17-32(2)3/h7-16,18-19H,5-6,17H2,1-4H3. The van der Waals surface area contributed by atoms with Gasteiger partial charge in [0, 0.05) is 28.8 Å². The number of carbonyl (C=O) groups excluding carboxylic acids is 1. The molecule has 5 nitrogen and oxygen atoms in total. The van der Waals surface area contributed by atoms with Crippen molar-refractivity contribution in [1.29, 1.82) is 0 Å². The number of nitrogens with zero attached hydrogens (tertiary/aromatic N) is 3. The minimum atomic E-state index is 0.122. The number of ether oxygens (including phenoxy) is 1. The first-order chi connectivity index (χ1) is 16.9. The van der Waals surface area contributed by atoms with E-state index in [1.54, 1.807) is 13.3 Å². The Labute approximate surface area is 211 Å². The number of rotatable bonds is 9. The number of hydrogen-bond acceptors (Lipinski definition) is 4. The van der Waals surface area contributed by atoms with Crippen LogP contribution in [0.15, 0.2) is 73.1 Å². The highest BCUT2D eigenvalue weighted by atomic mass is 35.5. The zero-order valence-electron chi connectivity index (χ0n) is 20.6. The fourth-order valence-corrected chi connectivity index (χ4v) is 4.34. The van der Waals surface area contributed by atoms with Gasteiger partial charge in [0.2, 0.25) is 0 Å². The highest BCUT2D eigenvalue weighted by Crippen LogP contribution is 2.38. The fraction of sp³-hybridized carbons (Fsp3) is 0.241. The molecule has 0 fully saturated rings. The largest absolute Gasteiger partial charge is 0.496 e. The summed E-state index contributed by atoms with van der Waals surface area (Å²) in [4.78, 5) is 19.3. The van der Waals surface area contributed by atoms with Gasteiger partial charge in [-0.3, -0.25) is 9.78 Å². The molecule has 0 aliphatic rings. The lowest BCUT2D eigenvalue weighted by Crippen LogP contribution is -2.14. The van der Waals surface area contributed by atoms with Crippen molar-refractivity contribution < 1.29 is 9.53 Å². The van der Waals surface area contributed by atoms with Crippen LogP contribution in [0.5, 0.6) is 5.75 Å². The predicted molar refractivity (Wildman–Crippen MR) is 143 cm³/mol. The molecule has 0 saturated heterocycles. The Bertz CT molecular complexity index is 1330. The molecular weight excluding hydrogens is 458 g/mol. The third-order valence-corrected chi connectivity index (χ3v) is 6.33. The molecule has 2 heterocycles. The van der Waals surface area contributed by atoms with E-state index in [4.69, 9.17) is 16.3 Å². The predicted octanol–water partition coefficient (Wildman–Crippen LogP) is 6.70. The van der Waals surface area contributed by atoms with Crippen molar-refractivity contribution in [3.05, 3.63) is 89.2 Å². The van der Waals surface area contributed by atoms with Crippen molar-refractivity contribution in [1.82, 2.24) is 14.5 Å². The van der Waals surface area contributed by atoms with Gasteiger partial charge < -0.3 is 14.2 Å². The number of halogens is 1. The minimum absolute atomic E-state index is 0.122. The van der Waals surface area contributed by atoms with Crippen molar-refractivity contribution in [2.75, 3.05) is 27.7 Å². The van der Waals surface area contributed by atoms with E-state index in [2.05, 4.69) is 33.5 Å². The highest BCUT2D eigenvalue weighted by molar-refractivity contribution is 6.30. The molecule has 180 valence electrons. The molecule has 0 radical (unpaired) electrons. The topological polar surface area (TPSA) is 47.4 Å². The maximum atomic E-state index is 12.8. The van der Waals surface area contributed by atoms with Gasteiger partial charge in [0.1, 0.15) is 5.75 Å². The number of aryl methyl sites for hydroxylation is 1.